The van der Waals surface area contributed by atoms with Crippen LogP contribution in [0.15, 0.2) is 27.8 Å². The summed E-state index contributed by atoms with van der Waals surface area (Å²) in [6, 6.07) is 4.02. The van der Waals surface area contributed by atoms with Gasteiger partial charge in [-0.05, 0) is 18.2 Å². The minimum Gasteiger partial charge on any atom is -0.492 e. The Morgan fingerprint density at radius 2 is 1.94 bits per heavy atom. The fourth-order valence-corrected chi connectivity index (χ4v) is 1.88. The standard InChI is InChI=1S/C10H5Cl2FN2O3/c11-4-1-2-6(5(12)3-4)15-9(17)7(13)8(16)14-10(15)18/h1-3,17H,(H,14,16,18). The lowest BCUT2D eigenvalue weighted by molar-refractivity contribution is 0.386. The highest BCUT2D eigenvalue weighted by atomic mass is 35.5. The van der Waals surface area contributed by atoms with E-state index in [4.69, 9.17) is 23.2 Å². The third-order valence-corrected chi connectivity index (χ3v) is 2.72. The quantitative estimate of drug-likeness (QED) is 0.839. The van der Waals surface area contributed by atoms with Crippen LogP contribution in [-0.4, -0.2) is 14.7 Å². The van der Waals surface area contributed by atoms with Gasteiger partial charge in [0.1, 0.15) is 0 Å². The van der Waals surface area contributed by atoms with Gasteiger partial charge in [0.25, 0.3) is 5.56 Å². The number of aromatic amines is 1. The molecular formula is C10H5Cl2FN2O3. The molecule has 18 heavy (non-hydrogen) atoms. The maximum atomic E-state index is 13.2. The molecule has 0 spiro atoms. The van der Waals surface area contributed by atoms with Crippen molar-refractivity contribution in [2.75, 3.05) is 0 Å². The zero-order valence-corrected chi connectivity index (χ0v) is 10.1. The van der Waals surface area contributed by atoms with Gasteiger partial charge in [-0.25, -0.2) is 9.36 Å². The first-order valence-electron chi connectivity index (χ1n) is 4.61. The summed E-state index contributed by atoms with van der Waals surface area (Å²) >= 11 is 11.5. The third-order valence-electron chi connectivity index (χ3n) is 2.18. The molecule has 1 aromatic heterocycles. The van der Waals surface area contributed by atoms with E-state index in [1.807, 2.05) is 0 Å². The molecule has 0 aliphatic rings. The summed E-state index contributed by atoms with van der Waals surface area (Å²) in [5.74, 6) is -2.59. The highest BCUT2D eigenvalue weighted by Gasteiger charge is 2.16. The van der Waals surface area contributed by atoms with E-state index < -0.39 is 22.9 Å². The van der Waals surface area contributed by atoms with Crippen LogP contribution in [0.25, 0.3) is 5.69 Å². The van der Waals surface area contributed by atoms with Crippen LogP contribution in [0.3, 0.4) is 0 Å². The molecule has 0 aliphatic carbocycles. The summed E-state index contributed by atoms with van der Waals surface area (Å²) in [4.78, 5) is 24.2. The summed E-state index contributed by atoms with van der Waals surface area (Å²) in [6.45, 7) is 0. The Morgan fingerprint density at radius 3 is 2.56 bits per heavy atom. The van der Waals surface area contributed by atoms with E-state index in [1.54, 1.807) is 4.98 Å². The third kappa shape index (κ3) is 2.00. The number of rotatable bonds is 1. The van der Waals surface area contributed by atoms with Gasteiger partial charge in [-0.3, -0.25) is 9.78 Å². The number of hydrogen-bond acceptors (Lipinski definition) is 3. The van der Waals surface area contributed by atoms with Crippen molar-refractivity contribution in [2.24, 2.45) is 0 Å². The summed E-state index contributed by atoms with van der Waals surface area (Å²) in [5.41, 5.74) is -2.32. The number of aromatic nitrogens is 2. The predicted octanol–water partition coefficient (Wildman–Crippen LogP) is 1.68. The monoisotopic (exact) mass is 290 g/mol. The molecule has 5 nitrogen and oxygen atoms in total. The van der Waals surface area contributed by atoms with Crippen LogP contribution >= 0.6 is 23.2 Å². The van der Waals surface area contributed by atoms with Crippen LogP contribution < -0.4 is 11.2 Å². The maximum Gasteiger partial charge on any atom is 0.335 e. The number of nitrogens with zero attached hydrogens (tertiary/aromatic N) is 1. The van der Waals surface area contributed by atoms with Crippen molar-refractivity contribution in [1.29, 1.82) is 0 Å². The van der Waals surface area contributed by atoms with E-state index in [2.05, 4.69) is 0 Å². The number of nitrogens with one attached hydrogen (secondary N) is 1. The van der Waals surface area contributed by atoms with E-state index in [-0.39, 0.29) is 10.7 Å². The Balaban J connectivity index is 2.84. The van der Waals surface area contributed by atoms with E-state index in [0.29, 0.717) is 9.59 Å². The van der Waals surface area contributed by atoms with E-state index >= 15 is 0 Å². The number of aromatic hydroxyl groups is 1. The fourth-order valence-electron chi connectivity index (χ4n) is 1.39. The summed E-state index contributed by atoms with van der Waals surface area (Å²) in [5, 5.41) is 9.81. The molecule has 0 amide bonds. The Labute approximate surface area is 109 Å². The minimum absolute atomic E-state index is 0.00119. The molecule has 1 heterocycles. The van der Waals surface area contributed by atoms with Crippen molar-refractivity contribution >= 4 is 23.2 Å². The Hall–Kier alpha value is -1.79. The Morgan fingerprint density at radius 1 is 1.28 bits per heavy atom. The van der Waals surface area contributed by atoms with Gasteiger partial charge in [-0.2, -0.15) is 4.39 Å². The van der Waals surface area contributed by atoms with Crippen molar-refractivity contribution in [3.8, 4) is 11.6 Å². The van der Waals surface area contributed by atoms with Crippen molar-refractivity contribution < 1.29 is 9.50 Å². The molecule has 0 saturated carbocycles. The molecular weight excluding hydrogens is 286 g/mol. The van der Waals surface area contributed by atoms with Gasteiger partial charge in [-0.1, -0.05) is 23.2 Å². The first kappa shape index (κ1) is 12.7. The predicted molar refractivity (Wildman–Crippen MR) is 64.3 cm³/mol. The normalized spacial score (nSPS) is 10.6. The van der Waals surface area contributed by atoms with Gasteiger partial charge in [0, 0.05) is 5.02 Å². The fraction of sp³-hybridized carbons (Fsp3) is 0. The van der Waals surface area contributed by atoms with Crippen LogP contribution in [0.1, 0.15) is 0 Å². The maximum absolute atomic E-state index is 13.2. The number of H-pyrrole nitrogens is 1. The van der Waals surface area contributed by atoms with Gasteiger partial charge in [0.2, 0.25) is 11.7 Å². The van der Waals surface area contributed by atoms with Crippen molar-refractivity contribution in [2.45, 2.75) is 0 Å². The molecule has 2 N–H and O–H groups in total. The zero-order chi connectivity index (χ0) is 13.4. The Kier molecular flexibility index (Phi) is 3.14. The largest absolute Gasteiger partial charge is 0.492 e. The molecule has 2 aromatic rings. The van der Waals surface area contributed by atoms with E-state index in [0.717, 1.165) is 0 Å². The molecule has 1 aromatic carbocycles. The molecule has 2 rings (SSSR count). The van der Waals surface area contributed by atoms with Gasteiger partial charge in [-0.15, -0.1) is 0 Å². The highest BCUT2D eigenvalue weighted by molar-refractivity contribution is 6.35. The number of hydrogen-bond donors (Lipinski definition) is 2. The first-order chi connectivity index (χ1) is 8.41. The van der Waals surface area contributed by atoms with Crippen LogP contribution in [0.4, 0.5) is 4.39 Å². The van der Waals surface area contributed by atoms with Gasteiger partial charge < -0.3 is 5.11 Å². The molecule has 0 aliphatic heterocycles. The molecule has 0 unspecified atom stereocenters. The van der Waals surface area contributed by atoms with Crippen LogP contribution in [0, 0.1) is 5.82 Å². The lowest BCUT2D eigenvalue weighted by Gasteiger charge is -2.09. The average molecular weight is 291 g/mol. The lowest BCUT2D eigenvalue weighted by atomic mass is 10.3. The van der Waals surface area contributed by atoms with Crippen molar-refractivity contribution in [3.63, 3.8) is 0 Å². The molecule has 0 radical (unpaired) electrons. The average Bonchev–Trinajstić information content (AvgIpc) is 2.29. The molecule has 94 valence electrons. The van der Waals surface area contributed by atoms with E-state index in [9.17, 15) is 19.1 Å². The summed E-state index contributed by atoms with van der Waals surface area (Å²) < 4.78 is 13.8. The SMILES string of the molecule is O=c1[nH]c(=O)n(-c2ccc(Cl)cc2Cl)c(O)c1F. The smallest absolute Gasteiger partial charge is 0.335 e. The van der Waals surface area contributed by atoms with Gasteiger partial charge >= 0.3 is 5.69 Å². The van der Waals surface area contributed by atoms with Crippen LogP contribution in [-0.2, 0) is 0 Å². The second kappa shape index (κ2) is 4.47. The molecule has 0 saturated heterocycles. The molecule has 0 bridgehead atoms. The molecule has 8 heteroatoms. The minimum atomic E-state index is -1.47. The zero-order valence-electron chi connectivity index (χ0n) is 8.58. The number of benzene rings is 1. The van der Waals surface area contributed by atoms with Crippen molar-refractivity contribution in [3.05, 3.63) is 54.9 Å². The lowest BCUT2D eigenvalue weighted by Crippen LogP contribution is -2.31. The van der Waals surface area contributed by atoms with Gasteiger partial charge in [0.15, 0.2) is 0 Å². The topological polar surface area (TPSA) is 75.1 Å². The summed E-state index contributed by atoms with van der Waals surface area (Å²) in [7, 11) is 0. The number of halogens is 3. The summed E-state index contributed by atoms with van der Waals surface area (Å²) in [6.07, 6.45) is 0. The van der Waals surface area contributed by atoms with Crippen LogP contribution in [0.5, 0.6) is 5.88 Å². The van der Waals surface area contributed by atoms with E-state index in [1.165, 1.54) is 18.2 Å². The molecule has 0 atom stereocenters. The Bertz CT molecular complexity index is 739. The highest BCUT2D eigenvalue weighted by Crippen LogP contribution is 2.26. The second-order valence-corrected chi connectivity index (χ2v) is 4.17. The van der Waals surface area contributed by atoms with Crippen molar-refractivity contribution in [1.82, 2.24) is 9.55 Å². The van der Waals surface area contributed by atoms with Crippen LogP contribution in [0.2, 0.25) is 10.0 Å². The first-order valence-corrected chi connectivity index (χ1v) is 5.36. The molecule has 0 fully saturated rings. The second-order valence-electron chi connectivity index (χ2n) is 3.33. The van der Waals surface area contributed by atoms with Gasteiger partial charge in [0.05, 0.1) is 10.7 Å².